The Morgan fingerprint density at radius 1 is 1.00 bits per heavy atom. The van der Waals surface area contributed by atoms with E-state index < -0.39 is 9.84 Å². The Morgan fingerprint density at radius 2 is 1.59 bits per heavy atom. The Hall–Kier alpha value is -2.18. The van der Waals surface area contributed by atoms with Gasteiger partial charge in [0.2, 0.25) is 0 Å². The first-order valence-electron chi connectivity index (χ1n) is 10.1. The molecule has 0 spiro atoms. The van der Waals surface area contributed by atoms with Gasteiger partial charge in [-0.15, -0.1) is 0 Å². The highest BCUT2D eigenvalue weighted by atomic mass is 32.2. The van der Waals surface area contributed by atoms with Crippen LogP contribution in [0.3, 0.4) is 0 Å². The molecule has 2 unspecified atom stereocenters. The van der Waals surface area contributed by atoms with E-state index in [-0.39, 0.29) is 10.8 Å². The monoisotopic (exact) mass is 414 g/mol. The second kappa shape index (κ2) is 9.09. The minimum atomic E-state index is -3.26. The number of hydrogen-bond acceptors (Lipinski definition) is 4. The molecule has 156 valence electrons. The lowest BCUT2D eigenvalue weighted by atomic mass is 9.91. The van der Waals surface area contributed by atoms with Gasteiger partial charge in [0.05, 0.1) is 4.90 Å². The fourth-order valence-corrected chi connectivity index (χ4v) is 4.81. The van der Waals surface area contributed by atoms with Crippen LogP contribution in [-0.4, -0.2) is 38.6 Å². The first-order valence-corrected chi connectivity index (χ1v) is 12.0. The average Bonchev–Trinajstić information content (AvgIpc) is 2.65. The molecule has 2 aromatic rings. The molecule has 1 N–H and O–H groups in total. The molecule has 0 saturated carbocycles. The molecule has 1 saturated heterocycles. The summed E-state index contributed by atoms with van der Waals surface area (Å²) in [5, 5.41) is 2.96. The van der Waals surface area contributed by atoms with Crippen LogP contribution >= 0.6 is 0 Å². The number of benzene rings is 2. The van der Waals surface area contributed by atoms with Gasteiger partial charge in [-0.1, -0.05) is 38.1 Å². The van der Waals surface area contributed by atoms with Crippen LogP contribution < -0.4 is 5.32 Å². The van der Waals surface area contributed by atoms with Crippen molar-refractivity contribution in [2.75, 3.05) is 19.3 Å². The second-order valence-corrected chi connectivity index (χ2v) is 10.4. The quantitative estimate of drug-likeness (QED) is 0.786. The molecule has 0 radical (unpaired) electrons. The number of nitrogens with zero attached hydrogens (tertiary/aromatic N) is 1. The summed E-state index contributed by atoms with van der Waals surface area (Å²) >= 11 is 0. The number of amides is 1. The molecule has 1 amide bonds. The Balaban J connectivity index is 1.64. The standard InChI is InChI=1S/C23H30N2O3S/c1-17-12-18(2)15-25(14-17)16-21-7-5-4-6-20(21)13-24-23(26)19-8-10-22(11-9-19)29(3,27)28/h4-11,17-18H,12-16H2,1-3H3,(H,24,26). The number of piperidine rings is 1. The van der Waals surface area contributed by atoms with E-state index in [1.54, 1.807) is 12.1 Å². The van der Waals surface area contributed by atoms with Crippen molar-refractivity contribution in [3.63, 3.8) is 0 Å². The summed E-state index contributed by atoms with van der Waals surface area (Å²) in [7, 11) is -3.26. The topological polar surface area (TPSA) is 66.5 Å². The molecule has 2 atom stereocenters. The van der Waals surface area contributed by atoms with Crippen LogP contribution in [0, 0.1) is 11.8 Å². The molecular weight excluding hydrogens is 384 g/mol. The largest absolute Gasteiger partial charge is 0.348 e. The van der Waals surface area contributed by atoms with Gasteiger partial charge in [-0.25, -0.2) is 8.42 Å². The fraction of sp³-hybridized carbons (Fsp3) is 0.435. The minimum absolute atomic E-state index is 0.208. The maximum atomic E-state index is 12.5. The molecule has 1 aliphatic rings. The van der Waals surface area contributed by atoms with Gasteiger partial charge >= 0.3 is 0 Å². The van der Waals surface area contributed by atoms with E-state index in [1.165, 1.54) is 24.1 Å². The Labute approximate surface area is 174 Å². The van der Waals surface area contributed by atoms with Crippen LogP contribution in [0.4, 0.5) is 0 Å². The summed E-state index contributed by atoms with van der Waals surface area (Å²) < 4.78 is 23.1. The molecule has 6 heteroatoms. The van der Waals surface area contributed by atoms with E-state index >= 15 is 0 Å². The zero-order chi connectivity index (χ0) is 21.0. The van der Waals surface area contributed by atoms with E-state index in [0.717, 1.165) is 31.5 Å². The molecule has 0 aliphatic carbocycles. The van der Waals surface area contributed by atoms with Crippen LogP contribution in [0.5, 0.6) is 0 Å². The Morgan fingerprint density at radius 3 is 2.17 bits per heavy atom. The fourth-order valence-electron chi connectivity index (χ4n) is 4.18. The van der Waals surface area contributed by atoms with Gasteiger partial charge in [0.1, 0.15) is 0 Å². The first-order chi connectivity index (χ1) is 13.7. The van der Waals surface area contributed by atoms with E-state index in [0.29, 0.717) is 23.9 Å². The zero-order valence-electron chi connectivity index (χ0n) is 17.4. The number of carbonyl (C=O) groups excluding carboxylic acids is 1. The highest BCUT2D eigenvalue weighted by Gasteiger charge is 2.22. The third kappa shape index (κ3) is 5.90. The van der Waals surface area contributed by atoms with E-state index in [4.69, 9.17) is 0 Å². The number of rotatable bonds is 6. The summed E-state index contributed by atoms with van der Waals surface area (Å²) in [5.74, 6) is 1.21. The van der Waals surface area contributed by atoms with Crippen molar-refractivity contribution < 1.29 is 13.2 Å². The third-order valence-electron chi connectivity index (χ3n) is 5.44. The summed E-state index contributed by atoms with van der Waals surface area (Å²) in [6.07, 6.45) is 2.44. The van der Waals surface area contributed by atoms with Crippen LogP contribution in [0.2, 0.25) is 0 Å². The van der Waals surface area contributed by atoms with Gasteiger partial charge in [0, 0.05) is 38.0 Å². The number of sulfone groups is 1. The van der Waals surface area contributed by atoms with Gasteiger partial charge in [-0.3, -0.25) is 9.69 Å². The maximum absolute atomic E-state index is 12.5. The molecule has 2 aromatic carbocycles. The molecule has 3 rings (SSSR count). The molecule has 1 aliphatic heterocycles. The minimum Gasteiger partial charge on any atom is -0.348 e. The van der Waals surface area contributed by atoms with E-state index in [9.17, 15) is 13.2 Å². The van der Waals surface area contributed by atoms with Gasteiger partial charge in [-0.2, -0.15) is 0 Å². The Kier molecular flexibility index (Phi) is 6.75. The summed E-state index contributed by atoms with van der Waals surface area (Å²) in [5.41, 5.74) is 2.80. The number of hydrogen-bond donors (Lipinski definition) is 1. The van der Waals surface area contributed by atoms with Crippen LogP contribution in [0.15, 0.2) is 53.4 Å². The summed E-state index contributed by atoms with van der Waals surface area (Å²) in [4.78, 5) is 15.2. The van der Waals surface area contributed by atoms with Crippen molar-refractivity contribution >= 4 is 15.7 Å². The van der Waals surface area contributed by atoms with E-state index in [1.807, 2.05) is 12.1 Å². The van der Waals surface area contributed by atoms with Crippen molar-refractivity contribution in [1.29, 1.82) is 0 Å². The van der Waals surface area contributed by atoms with Crippen molar-refractivity contribution in [3.05, 3.63) is 65.2 Å². The highest BCUT2D eigenvalue weighted by Crippen LogP contribution is 2.23. The normalized spacial score (nSPS) is 20.4. The van der Waals surface area contributed by atoms with Crippen molar-refractivity contribution in [2.24, 2.45) is 11.8 Å². The van der Waals surface area contributed by atoms with Crippen molar-refractivity contribution in [1.82, 2.24) is 10.2 Å². The lowest BCUT2D eigenvalue weighted by molar-refractivity contribution is 0.0950. The highest BCUT2D eigenvalue weighted by molar-refractivity contribution is 7.90. The maximum Gasteiger partial charge on any atom is 0.251 e. The number of carbonyl (C=O) groups is 1. The van der Waals surface area contributed by atoms with Crippen LogP contribution in [0.25, 0.3) is 0 Å². The lowest BCUT2D eigenvalue weighted by Crippen LogP contribution is -2.38. The van der Waals surface area contributed by atoms with Gasteiger partial charge < -0.3 is 5.32 Å². The molecule has 0 aromatic heterocycles. The van der Waals surface area contributed by atoms with Gasteiger partial charge in [-0.05, 0) is 53.6 Å². The Bertz CT molecular complexity index is 944. The molecule has 0 bridgehead atoms. The molecule has 29 heavy (non-hydrogen) atoms. The molecule has 1 heterocycles. The first kappa shape index (κ1) is 21.5. The second-order valence-electron chi connectivity index (χ2n) is 8.39. The van der Waals surface area contributed by atoms with Gasteiger partial charge in [0.25, 0.3) is 5.91 Å². The average molecular weight is 415 g/mol. The molecule has 1 fully saturated rings. The SMILES string of the molecule is CC1CC(C)CN(Cc2ccccc2CNC(=O)c2ccc(S(C)(=O)=O)cc2)C1. The van der Waals surface area contributed by atoms with Crippen LogP contribution in [0.1, 0.15) is 41.8 Å². The third-order valence-corrected chi connectivity index (χ3v) is 6.57. The van der Waals surface area contributed by atoms with Crippen molar-refractivity contribution in [2.45, 2.75) is 38.3 Å². The molecular formula is C23H30N2O3S. The molecule has 5 nitrogen and oxygen atoms in total. The predicted octanol–water partition coefficient (Wildman–Crippen LogP) is 3.50. The zero-order valence-corrected chi connectivity index (χ0v) is 18.2. The summed E-state index contributed by atoms with van der Waals surface area (Å²) in [6.45, 7) is 8.18. The number of nitrogens with one attached hydrogen (secondary N) is 1. The lowest BCUT2D eigenvalue weighted by Gasteiger charge is -2.35. The van der Waals surface area contributed by atoms with Crippen LogP contribution in [-0.2, 0) is 22.9 Å². The predicted molar refractivity (Wildman–Crippen MR) is 115 cm³/mol. The van der Waals surface area contributed by atoms with Gasteiger partial charge in [0.15, 0.2) is 9.84 Å². The summed E-state index contributed by atoms with van der Waals surface area (Å²) in [6, 6.07) is 14.3. The van der Waals surface area contributed by atoms with E-state index in [2.05, 4.69) is 36.2 Å². The smallest absolute Gasteiger partial charge is 0.251 e. The number of likely N-dealkylation sites (tertiary alicyclic amines) is 1. The van der Waals surface area contributed by atoms with Crippen molar-refractivity contribution in [3.8, 4) is 0 Å².